The number of amides is 1. The predicted octanol–water partition coefficient (Wildman–Crippen LogP) is 2.90. The summed E-state index contributed by atoms with van der Waals surface area (Å²) in [7, 11) is 3.21. The van der Waals surface area contributed by atoms with Gasteiger partial charge in [-0.05, 0) is 45.4 Å². The van der Waals surface area contributed by atoms with Crippen molar-refractivity contribution in [3.05, 3.63) is 23.8 Å². The summed E-state index contributed by atoms with van der Waals surface area (Å²) in [5.41, 5.74) is 0.490. The van der Waals surface area contributed by atoms with Gasteiger partial charge in [-0.1, -0.05) is 6.07 Å². The van der Waals surface area contributed by atoms with Crippen LogP contribution in [0.15, 0.2) is 23.2 Å². The molecular weight excluding hydrogens is 475 g/mol. The van der Waals surface area contributed by atoms with E-state index in [4.69, 9.17) is 14.2 Å². The first-order valence-electron chi connectivity index (χ1n) is 8.99. The number of hydrogen-bond donors (Lipinski definition) is 3. The fraction of sp³-hybridized carbons (Fsp3) is 0.579. The van der Waals surface area contributed by atoms with Crippen LogP contribution in [0.1, 0.15) is 33.3 Å². The number of halogens is 1. The minimum Gasteiger partial charge on any atom is -0.493 e. The van der Waals surface area contributed by atoms with Gasteiger partial charge < -0.3 is 30.2 Å². The highest BCUT2D eigenvalue weighted by molar-refractivity contribution is 14.0. The second-order valence-electron chi connectivity index (χ2n) is 6.74. The Kier molecular flexibility index (Phi) is 12.4. The minimum atomic E-state index is -0.507. The summed E-state index contributed by atoms with van der Waals surface area (Å²) < 4.78 is 15.7. The molecule has 1 aromatic carbocycles. The molecule has 0 aliphatic heterocycles. The second-order valence-corrected chi connectivity index (χ2v) is 6.74. The van der Waals surface area contributed by atoms with Crippen molar-refractivity contribution in [3.63, 3.8) is 0 Å². The largest absolute Gasteiger partial charge is 0.493 e. The van der Waals surface area contributed by atoms with E-state index in [1.807, 2.05) is 45.9 Å². The lowest BCUT2D eigenvalue weighted by atomic mass is 10.2. The molecule has 9 heteroatoms. The number of carbonyl (C=O) groups excluding carboxylic acids is 1. The van der Waals surface area contributed by atoms with Gasteiger partial charge in [0.05, 0.1) is 20.8 Å². The molecule has 0 radical (unpaired) electrons. The Morgan fingerprint density at radius 2 is 1.68 bits per heavy atom. The van der Waals surface area contributed by atoms with Crippen molar-refractivity contribution in [1.29, 1.82) is 0 Å². The quantitative estimate of drug-likeness (QED) is 0.217. The number of benzene rings is 1. The Labute approximate surface area is 184 Å². The van der Waals surface area contributed by atoms with E-state index in [2.05, 4.69) is 20.9 Å². The Bertz CT molecular complexity index is 633. The zero-order chi connectivity index (χ0) is 20.3. The number of rotatable bonds is 8. The first-order valence-corrected chi connectivity index (χ1v) is 8.99. The molecule has 0 bridgehead atoms. The lowest BCUT2D eigenvalue weighted by molar-refractivity contribution is 0.0529. The van der Waals surface area contributed by atoms with Gasteiger partial charge in [0, 0.05) is 19.6 Å². The number of nitrogens with zero attached hydrogens (tertiary/aromatic N) is 1. The summed E-state index contributed by atoms with van der Waals surface area (Å²) >= 11 is 0. The van der Waals surface area contributed by atoms with Crippen LogP contribution in [0.25, 0.3) is 0 Å². The molecule has 0 unspecified atom stereocenters. The van der Waals surface area contributed by atoms with Crippen molar-refractivity contribution >= 4 is 36.0 Å². The Morgan fingerprint density at radius 3 is 2.25 bits per heavy atom. The van der Waals surface area contributed by atoms with Gasteiger partial charge in [0.2, 0.25) is 0 Å². The van der Waals surface area contributed by atoms with E-state index in [1.165, 1.54) is 0 Å². The van der Waals surface area contributed by atoms with E-state index in [1.54, 1.807) is 14.2 Å². The van der Waals surface area contributed by atoms with Gasteiger partial charge in [-0.15, -0.1) is 24.0 Å². The number of hydrogen-bond acceptors (Lipinski definition) is 5. The highest BCUT2D eigenvalue weighted by Gasteiger charge is 2.15. The normalized spacial score (nSPS) is 11.1. The molecule has 1 rings (SSSR count). The second kappa shape index (κ2) is 13.3. The first-order chi connectivity index (χ1) is 12.8. The fourth-order valence-electron chi connectivity index (χ4n) is 2.15. The van der Waals surface area contributed by atoms with Crippen molar-refractivity contribution < 1.29 is 19.0 Å². The molecule has 0 aliphatic rings. The molecule has 0 spiro atoms. The number of ether oxygens (including phenoxy) is 3. The average Bonchev–Trinajstić information content (AvgIpc) is 2.61. The van der Waals surface area contributed by atoms with Gasteiger partial charge in [0.1, 0.15) is 5.60 Å². The molecule has 3 N–H and O–H groups in total. The summed E-state index contributed by atoms with van der Waals surface area (Å²) in [6.45, 7) is 9.64. The van der Waals surface area contributed by atoms with E-state index in [-0.39, 0.29) is 24.0 Å². The Balaban J connectivity index is 0.00000729. The van der Waals surface area contributed by atoms with Crippen LogP contribution >= 0.6 is 24.0 Å². The standard InChI is InChI=1S/C19H32N4O4.HI/c1-7-20-17(21-10-11-22-18(24)27-19(2,3)4)23-13-14-8-9-15(25-5)16(12-14)26-6;/h8-9,12H,7,10-11,13H2,1-6H3,(H,22,24)(H2,20,21,23);1H. The van der Waals surface area contributed by atoms with Gasteiger partial charge in [0.15, 0.2) is 17.5 Å². The highest BCUT2D eigenvalue weighted by atomic mass is 127. The SMILES string of the molecule is CCNC(=NCc1ccc(OC)c(OC)c1)NCCNC(=O)OC(C)(C)C.I. The molecule has 0 aromatic heterocycles. The van der Waals surface area contributed by atoms with Crippen LogP contribution in [0.5, 0.6) is 11.5 Å². The molecule has 0 saturated heterocycles. The molecule has 0 saturated carbocycles. The zero-order valence-electron chi connectivity index (χ0n) is 17.5. The third-order valence-corrected chi connectivity index (χ3v) is 3.30. The van der Waals surface area contributed by atoms with E-state index >= 15 is 0 Å². The lowest BCUT2D eigenvalue weighted by Crippen LogP contribution is -2.42. The third-order valence-electron chi connectivity index (χ3n) is 3.30. The van der Waals surface area contributed by atoms with Crippen LogP contribution in [0, 0.1) is 0 Å². The summed E-state index contributed by atoms with van der Waals surface area (Å²) in [6.07, 6.45) is -0.434. The minimum absolute atomic E-state index is 0. The van der Waals surface area contributed by atoms with Crippen LogP contribution in [0.4, 0.5) is 4.79 Å². The van der Waals surface area contributed by atoms with Crippen molar-refractivity contribution in [1.82, 2.24) is 16.0 Å². The maximum absolute atomic E-state index is 11.6. The summed E-state index contributed by atoms with van der Waals surface area (Å²) in [4.78, 5) is 16.2. The van der Waals surface area contributed by atoms with Gasteiger partial charge in [-0.3, -0.25) is 0 Å². The number of nitrogens with one attached hydrogen (secondary N) is 3. The van der Waals surface area contributed by atoms with Crippen LogP contribution in [0.3, 0.4) is 0 Å². The van der Waals surface area contributed by atoms with Gasteiger partial charge in [0.25, 0.3) is 0 Å². The summed E-state index contributed by atoms with van der Waals surface area (Å²) in [5.74, 6) is 2.02. The van der Waals surface area contributed by atoms with Crippen molar-refractivity contribution in [3.8, 4) is 11.5 Å². The number of aliphatic imine (C=N–C) groups is 1. The molecule has 28 heavy (non-hydrogen) atoms. The topological polar surface area (TPSA) is 93.2 Å². The van der Waals surface area contributed by atoms with Crippen molar-refractivity contribution in [2.45, 2.75) is 39.8 Å². The molecular formula is C19H33IN4O4. The smallest absolute Gasteiger partial charge is 0.407 e. The number of guanidine groups is 1. The molecule has 1 amide bonds. The average molecular weight is 508 g/mol. The molecule has 0 fully saturated rings. The predicted molar refractivity (Wildman–Crippen MR) is 122 cm³/mol. The van der Waals surface area contributed by atoms with Crippen molar-refractivity contribution in [2.75, 3.05) is 33.9 Å². The molecule has 160 valence electrons. The Hall–Kier alpha value is -1.91. The zero-order valence-corrected chi connectivity index (χ0v) is 19.9. The van der Waals surface area contributed by atoms with Crippen molar-refractivity contribution in [2.24, 2.45) is 4.99 Å². The van der Waals surface area contributed by atoms with Crippen LogP contribution in [0.2, 0.25) is 0 Å². The summed E-state index contributed by atoms with van der Waals surface area (Å²) in [6, 6.07) is 5.70. The van der Waals surface area contributed by atoms with Gasteiger partial charge in [-0.25, -0.2) is 9.79 Å². The fourth-order valence-corrected chi connectivity index (χ4v) is 2.15. The van der Waals surface area contributed by atoms with Crippen LogP contribution < -0.4 is 25.4 Å². The third kappa shape index (κ3) is 10.4. The molecule has 0 heterocycles. The monoisotopic (exact) mass is 508 g/mol. The number of alkyl carbamates (subject to hydrolysis) is 1. The maximum atomic E-state index is 11.6. The highest BCUT2D eigenvalue weighted by Crippen LogP contribution is 2.27. The number of carbonyl (C=O) groups is 1. The van der Waals surface area contributed by atoms with Crippen LogP contribution in [-0.4, -0.2) is 51.5 Å². The van der Waals surface area contributed by atoms with E-state index in [9.17, 15) is 4.79 Å². The van der Waals surface area contributed by atoms with E-state index in [0.717, 1.165) is 12.1 Å². The van der Waals surface area contributed by atoms with E-state index < -0.39 is 11.7 Å². The number of methoxy groups -OCH3 is 2. The van der Waals surface area contributed by atoms with Crippen LogP contribution in [-0.2, 0) is 11.3 Å². The summed E-state index contributed by atoms with van der Waals surface area (Å²) in [5, 5.41) is 9.04. The molecule has 8 nitrogen and oxygen atoms in total. The molecule has 1 aromatic rings. The Morgan fingerprint density at radius 1 is 1.04 bits per heavy atom. The van der Waals surface area contributed by atoms with E-state index in [0.29, 0.717) is 37.1 Å². The van der Waals surface area contributed by atoms with Gasteiger partial charge >= 0.3 is 6.09 Å². The molecule has 0 atom stereocenters. The molecule has 0 aliphatic carbocycles. The lowest BCUT2D eigenvalue weighted by Gasteiger charge is -2.19. The maximum Gasteiger partial charge on any atom is 0.407 e. The van der Waals surface area contributed by atoms with Gasteiger partial charge in [-0.2, -0.15) is 0 Å². The first kappa shape index (κ1) is 26.1.